The van der Waals surface area contributed by atoms with Crippen molar-refractivity contribution >= 4 is 17.3 Å². The molecule has 1 N–H and O–H groups in total. The summed E-state index contributed by atoms with van der Waals surface area (Å²) in [7, 11) is 0. The average Bonchev–Trinajstić information content (AvgIpc) is 2.55. The highest BCUT2D eigenvalue weighted by Crippen LogP contribution is 2.36. The van der Waals surface area contributed by atoms with Crippen LogP contribution < -0.4 is 5.32 Å². The van der Waals surface area contributed by atoms with Gasteiger partial charge in [-0.15, -0.1) is 0 Å². The monoisotopic (exact) mass is 305 g/mol. The molecule has 1 aliphatic rings. The lowest BCUT2D eigenvalue weighted by molar-refractivity contribution is -0.137. The molecule has 2 rings (SSSR count). The van der Waals surface area contributed by atoms with Crippen molar-refractivity contribution in [2.45, 2.75) is 51.2 Å². The van der Waals surface area contributed by atoms with Crippen LogP contribution in [0.1, 0.15) is 44.6 Å². The van der Waals surface area contributed by atoms with Gasteiger partial charge in [0.25, 0.3) is 0 Å². The van der Waals surface area contributed by atoms with E-state index in [1.807, 2.05) is 0 Å². The maximum absolute atomic E-state index is 12.8. The van der Waals surface area contributed by atoms with Crippen molar-refractivity contribution in [3.8, 4) is 0 Å². The van der Waals surface area contributed by atoms with E-state index in [1.54, 1.807) is 6.07 Å². The van der Waals surface area contributed by atoms with E-state index in [0.717, 1.165) is 31.7 Å². The van der Waals surface area contributed by atoms with Crippen LogP contribution in [0.3, 0.4) is 0 Å². The van der Waals surface area contributed by atoms with Gasteiger partial charge in [0.15, 0.2) is 0 Å². The second-order valence-corrected chi connectivity index (χ2v) is 6.05. The van der Waals surface area contributed by atoms with E-state index in [0.29, 0.717) is 11.6 Å². The van der Waals surface area contributed by atoms with Gasteiger partial charge in [0.2, 0.25) is 0 Å². The predicted molar refractivity (Wildman–Crippen MR) is 76.1 cm³/mol. The topological polar surface area (TPSA) is 12.0 Å². The number of alkyl halides is 3. The molecule has 5 heteroatoms. The van der Waals surface area contributed by atoms with E-state index in [4.69, 9.17) is 11.6 Å². The first-order chi connectivity index (χ1) is 9.36. The summed E-state index contributed by atoms with van der Waals surface area (Å²) in [5, 5.41) is 2.97. The van der Waals surface area contributed by atoms with Crippen LogP contribution >= 0.6 is 11.6 Å². The molecule has 0 amide bonds. The Morgan fingerprint density at radius 1 is 1.15 bits per heavy atom. The van der Waals surface area contributed by atoms with Crippen molar-refractivity contribution in [1.82, 2.24) is 0 Å². The molecular weight excluding hydrogens is 287 g/mol. The van der Waals surface area contributed by atoms with Gasteiger partial charge in [-0.2, -0.15) is 13.2 Å². The molecule has 112 valence electrons. The molecule has 1 aromatic carbocycles. The van der Waals surface area contributed by atoms with E-state index < -0.39 is 11.7 Å². The summed E-state index contributed by atoms with van der Waals surface area (Å²) < 4.78 is 38.4. The number of nitrogens with one attached hydrogen (secondary N) is 1. The second kappa shape index (κ2) is 6.25. The molecule has 1 fully saturated rings. The van der Waals surface area contributed by atoms with Crippen molar-refractivity contribution in [3.05, 3.63) is 28.8 Å². The van der Waals surface area contributed by atoms with Gasteiger partial charge in [0.1, 0.15) is 0 Å². The molecule has 0 aromatic heterocycles. The SMILES string of the molecule is CC1CCCC(Nc2ccc(Cl)c(C(F)(F)F)c2)CC1. The van der Waals surface area contributed by atoms with Crippen molar-refractivity contribution in [2.24, 2.45) is 5.92 Å². The third-order valence-electron chi connectivity index (χ3n) is 3.90. The van der Waals surface area contributed by atoms with Crippen LogP contribution in [0.5, 0.6) is 0 Å². The van der Waals surface area contributed by atoms with Crippen LogP contribution in [0.4, 0.5) is 18.9 Å². The molecule has 1 saturated carbocycles. The highest BCUT2D eigenvalue weighted by Gasteiger charge is 2.33. The van der Waals surface area contributed by atoms with Crippen molar-refractivity contribution < 1.29 is 13.2 Å². The fraction of sp³-hybridized carbons (Fsp3) is 0.600. The van der Waals surface area contributed by atoms with Gasteiger partial charge < -0.3 is 5.32 Å². The molecule has 0 saturated heterocycles. The maximum atomic E-state index is 12.8. The zero-order chi connectivity index (χ0) is 14.8. The lowest BCUT2D eigenvalue weighted by Crippen LogP contribution is -2.19. The summed E-state index contributed by atoms with van der Waals surface area (Å²) in [5.74, 6) is 0.706. The Bertz CT molecular complexity index is 459. The third-order valence-corrected chi connectivity index (χ3v) is 4.23. The summed E-state index contributed by atoms with van der Waals surface area (Å²) in [6, 6.07) is 4.29. The standard InChI is InChI=1S/C15H19ClF3N/c1-10-3-2-4-11(6-5-10)20-12-7-8-14(16)13(9-12)15(17,18)19/h7-11,20H,2-6H2,1H3. The number of hydrogen-bond acceptors (Lipinski definition) is 1. The Hall–Kier alpha value is -0.900. The number of halogens is 4. The molecule has 0 bridgehead atoms. The Balaban J connectivity index is 2.10. The quantitative estimate of drug-likeness (QED) is 0.687. The number of rotatable bonds is 2. The molecule has 1 aromatic rings. The Morgan fingerprint density at radius 3 is 2.60 bits per heavy atom. The number of anilines is 1. The summed E-state index contributed by atoms with van der Waals surface area (Å²) >= 11 is 5.62. The fourth-order valence-corrected chi connectivity index (χ4v) is 2.92. The summed E-state index contributed by atoms with van der Waals surface area (Å²) in [4.78, 5) is 0. The molecule has 0 heterocycles. The van der Waals surface area contributed by atoms with Crippen LogP contribution in [0.2, 0.25) is 5.02 Å². The van der Waals surface area contributed by atoms with Crippen molar-refractivity contribution in [1.29, 1.82) is 0 Å². The van der Waals surface area contributed by atoms with Crippen LogP contribution in [0, 0.1) is 5.92 Å². The van der Waals surface area contributed by atoms with Gasteiger partial charge in [0, 0.05) is 11.7 Å². The molecule has 2 unspecified atom stereocenters. The Labute approximate surface area is 122 Å². The molecule has 0 radical (unpaired) electrons. The van der Waals surface area contributed by atoms with Crippen LogP contribution in [-0.4, -0.2) is 6.04 Å². The largest absolute Gasteiger partial charge is 0.417 e. The minimum Gasteiger partial charge on any atom is -0.382 e. The Morgan fingerprint density at radius 2 is 1.90 bits per heavy atom. The number of benzene rings is 1. The van der Waals surface area contributed by atoms with Gasteiger partial charge >= 0.3 is 6.18 Å². The zero-order valence-corrected chi connectivity index (χ0v) is 12.2. The summed E-state index contributed by atoms with van der Waals surface area (Å²) in [6.07, 6.45) is 1.05. The highest BCUT2D eigenvalue weighted by atomic mass is 35.5. The smallest absolute Gasteiger partial charge is 0.382 e. The minimum absolute atomic E-state index is 0.252. The predicted octanol–water partition coefficient (Wildman–Crippen LogP) is 5.74. The first kappa shape index (κ1) is 15.5. The summed E-state index contributed by atoms with van der Waals surface area (Å²) in [5.41, 5.74) is -0.271. The molecule has 2 atom stereocenters. The van der Waals surface area contributed by atoms with Crippen LogP contribution in [0.25, 0.3) is 0 Å². The van der Waals surface area contributed by atoms with Gasteiger partial charge in [0.05, 0.1) is 10.6 Å². The fourth-order valence-electron chi connectivity index (χ4n) is 2.70. The Kier molecular flexibility index (Phi) is 4.84. The molecule has 0 spiro atoms. The van der Waals surface area contributed by atoms with E-state index in [2.05, 4.69) is 12.2 Å². The summed E-state index contributed by atoms with van der Waals surface area (Å²) in [6.45, 7) is 2.23. The van der Waals surface area contributed by atoms with Gasteiger partial charge in [-0.25, -0.2) is 0 Å². The lowest BCUT2D eigenvalue weighted by Gasteiger charge is -2.19. The first-order valence-corrected chi connectivity index (χ1v) is 7.37. The molecule has 1 nitrogen and oxygen atoms in total. The second-order valence-electron chi connectivity index (χ2n) is 5.65. The molecular formula is C15H19ClF3N. The van der Waals surface area contributed by atoms with E-state index >= 15 is 0 Å². The van der Waals surface area contributed by atoms with Crippen molar-refractivity contribution in [3.63, 3.8) is 0 Å². The average molecular weight is 306 g/mol. The maximum Gasteiger partial charge on any atom is 0.417 e. The first-order valence-electron chi connectivity index (χ1n) is 6.99. The van der Waals surface area contributed by atoms with E-state index in [9.17, 15) is 13.2 Å². The van der Waals surface area contributed by atoms with E-state index in [1.165, 1.54) is 12.5 Å². The lowest BCUT2D eigenvalue weighted by atomic mass is 10.0. The van der Waals surface area contributed by atoms with Crippen LogP contribution in [-0.2, 0) is 6.18 Å². The molecule has 0 aliphatic heterocycles. The number of hydrogen-bond donors (Lipinski definition) is 1. The minimum atomic E-state index is -4.41. The van der Waals surface area contributed by atoms with Gasteiger partial charge in [-0.3, -0.25) is 0 Å². The zero-order valence-electron chi connectivity index (χ0n) is 11.4. The molecule has 1 aliphatic carbocycles. The highest BCUT2D eigenvalue weighted by molar-refractivity contribution is 6.31. The molecule has 20 heavy (non-hydrogen) atoms. The normalized spacial score (nSPS) is 24.2. The van der Waals surface area contributed by atoms with Gasteiger partial charge in [-0.1, -0.05) is 31.4 Å². The van der Waals surface area contributed by atoms with Crippen LogP contribution in [0.15, 0.2) is 18.2 Å². The van der Waals surface area contributed by atoms with E-state index in [-0.39, 0.29) is 11.1 Å². The third kappa shape index (κ3) is 4.05. The van der Waals surface area contributed by atoms with Crippen molar-refractivity contribution in [2.75, 3.05) is 5.32 Å². The van der Waals surface area contributed by atoms with Gasteiger partial charge in [-0.05, 0) is 43.4 Å².